The number of unbranched alkanes of at least 4 members (excludes halogenated alkanes) is 1. The van der Waals surface area contributed by atoms with E-state index in [2.05, 4.69) is 10.6 Å². The summed E-state index contributed by atoms with van der Waals surface area (Å²) in [5.41, 5.74) is 4.07. The van der Waals surface area contributed by atoms with Gasteiger partial charge in [-0.15, -0.1) is 0 Å². The summed E-state index contributed by atoms with van der Waals surface area (Å²) in [6, 6.07) is -1.26. The first-order valence-corrected chi connectivity index (χ1v) is 11.1. The molecule has 1 aromatic carbocycles. The third-order valence-electron chi connectivity index (χ3n) is 4.56. The van der Waals surface area contributed by atoms with Crippen molar-refractivity contribution < 1.29 is 41.6 Å². The number of carbonyl (C=O) groups excluding carboxylic acids is 2. The first-order valence-electron chi connectivity index (χ1n) is 9.70. The molecule has 1 rings (SSSR count). The van der Waals surface area contributed by atoms with Crippen LogP contribution in [0.5, 0.6) is 0 Å². The molecule has 14 heteroatoms. The Balaban J connectivity index is 2.99. The lowest BCUT2D eigenvalue weighted by molar-refractivity contribution is -0.129. The second-order valence-electron chi connectivity index (χ2n) is 6.94. The van der Waals surface area contributed by atoms with Crippen molar-refractivity contribution in [2.75, 3.05) is 18.6 Å². The standard InChI is InChI=1S/C18H25BF5N3O4S/c1-32-7-5-11(19(30)31)27-18(29)10(4-2-3-6-25)26-12(28)8-9-13(20)15(22)17(24)16(23)14(9)21/h10-11,30-31H,2-8,25H2,1H3,(H,26,28)(H,27,29)/t10-,11-/m0/s1. The first-order chi connectivity index (χ1) is 15.0. The van der Waals surface area contributed by atoms with Gasteiger partial charge in [0.05, 0.1) is 12.4 Å². The Kier molecular flexibility index (Phi) is 12.0. The maximum atomic E-state index is 13.8. The fourth-order valence-electron chi connectivity index (χ4n) is 2.80. The number of rotatable bonds is 13. The van der Waals surface area contributed by atoms with E-state index in [1.807, 2.05) is 0 Å². The summed E-state index contributed by atoms with van der Waals surface area (Å²) in [5.74, 6) is -13.5. The molecule has 2 amide bonds. The average Bonchev–Trinajstić information content (AvgIpc) is 2.75. The SMILES string of the molecule is CSCC[C@H](NC(=O)[C@H](CCCCN)NC(=O)Cc1c(F)c(F)c(F)c(F)c1F)B(O)O. The molecule has 1 aromatic rings. The zero-order chi connectivity index (χ0) is 24.4. The van der Waals surface area contributed by atoms with Crippen molar-refractivity contribution in [3.8, 4) is 0 Å². The number of nitrogens with one attached hydrogen (secondary N) is 2. The highest BCUT2D eigenvalue weighted by molar-refractivity contribution is 7.98. The second-order valence-corrected chi connectivity index (χ2v) is 7.93. The highest BCUT2D eigenvalue weighted by atomic mass is 32.2. The number of halogens is 5. The van der Waals surface area contributed by atoms with Crippen LogP contribution in [0.3, 0.4) is 0 Å². The summed E-state index contributed by atoms with van der Waals surface area (Å²) in [4.78, 5) is 24.9. The van der Waals surface area contributed by atoms with Gasteiger partial charge in [0.1, 0.15) is 6.04 Å². The van der Waals surface area contributed by atoms with Crippen molar-refractivity contribution >= 4 is 30.7 Å². The molecule has 7 nitrogen and oxygen atoms in total. The molecule has 0 fully saturated rings. The van der Waals surface area contributed by atoms with Gasteiger partial charge < -0.3 is 26.4 Å². The Morgan fingerprint density at radius 3 is 2.03 bits per heavy atom. The van der Waals surface area contributed by atoms with Crippen molar-refractivity contribution in [2.45, 2.75) is 44.1 Å². The summed E-state index contributed by atoms with van der Waals surface area (Å²) < 4.78 is 67.5. The van der Waals surface area contributed by atoms with Gasteiger partial charge >= 0.3 is 7.12 Å². The molecule has 32 heavy (non-hydrogen) atoms. The van der Waals surface area contributed by atoms with Crippen LogP contribution in [-0.2, 0) is 16.0 Å². The van der Waals surface area contributed by atoms with E-state index < -0.39 is 72.0 Å². The van der Waals surface area contributed by atoms with Gasteiger partial charge in [0, 0.05) is 5.56 Å². The van der Waals surface area contributed by atoms with E-state index in [4.69, 9.17) is 5.73 Å². The van der Waals surface area contributed by atoms with Gasteiger partial charge in [-0.05, 0) is 44.2 Å². The Morgan fingerprint density at radius 2 is 1.53 bits per heavy atom. The minimum atomic E-state index is -2.35. The first kappa shape index (κ1) is 28.1. The Labute approximate surface area is 186 Å². The van der Waals surface area contributed by atoms with Gasteiger partial charge in [0.15, 0.2) is 23.3 Å². The van der Waals surface area contributed by atoms with Crippen molar-refractivity contribution in [3.63, 3.8) is 0 Å². The van der Waals surface area contributed by atoms with E-state index in [1.165, 1.54) is 11.8 Å². The topological polar surface area (TPSA) is 125 Å². The molecule has 0 heterocycles. The van der Waals surface area contributed by atoms with Crippen LogP contribution in [-0.4, -0.2) is 59.5 Å². The van der Waals surface area contributed by atoms with Gasteiger partial charge in [-0.1, -0.05) is 0 Å². The van der Waals surface area contributed by atoms with Gasteiger partial charge in [-0.25, -0.2) is 22.0 Å². The van der Waals surface area contributed by atoms with Crippen LogP contribution in [0, 0.1) is 29.1 Å². The lowest BCUT2D eigenvalue weighted by Crippen LogP contribution is -2.54. The number of nitrogens with two attached hydrogens (primary N) is 1. The lowest BCUT2D eigenvalue weighted by atomic mass is 9.77. The fourth-order valence-corrected chi connectivity index (χ4v) is 3.29. The Bertz CT molecular complexity index is 777. The van der Waals surface area contributed by atoms with Gasteiger partial charge in [0.25, 0.3) is 0 Å². The normalized spacial score (nSPS) is 12.9. The minimum absolute atomic E-state index is 0.0443. The molecule has 0 aromatic heterocycles. The van der Waals surface area contributed by atoms with E-state index in [0.717, 1.165) is 0 Å². The third kappa shape index (κ3) is 7.91. The average molecular weight is 485 g/mol. The van der Waals surface area contributed by atoms with E-state index >= 15 is 0 Å². The zero-order valence-electron chi connectivity index (χ0n) is 17.3. The summed E-state index contributed by atoms with van der Waals surface area (Å²) in [7, 11) is -1.88. The van der Waals surface area contributed by atoms with Crippen LogP contribution in [0.2, 0.25) is 0 Å². The highest BCUT2D eigenvalue weighted by Gasteiger charge is 2.30. The molecule has 0 saturated heterocycles. The molecule has 0 radical (unpaired) electrons. The number of benzene rings is 1. The summed E-state index contributed by atoms with van der Waals surface area (Å²) >= 11 is 1.40. The van der Waals surface area contributed by atoms with E-state index in [1.54, 1.807) is 6.26 Å². The van der Waals surface area contributed by atoms with Gasteiger partial charge in [0.2, 0.25) is 17.6 Å². The molecule has 0 spiro atoms. The van der Waals surface area contributed by atoms with E-state index in [9.17, 15) is 41.6 Å². The number of carbonyl (C=O) groups is 2. The van der Waals surface area contributed by atoms with E-state index in [0.29, 0.717) is 25.1 Å². The van der Waals surface area contributed by atoms with Gasteiger partial charge in [-0.2, -0.15) is 11.8 Å². The minimum Gasteiger partial charge on any atom is -0.426 e. The second kappa shape index (κ2) is 13.6. The number of hydrogen-bond acceptors (Lipinski definition) is 6. The maximum absolute atomic E-state index is 13.8. The molecular formula is C18H25BF5N3O4S. The van der Waals surface area contributed by atoms with Crippen molar-refractivity contribution in [2.24, 2.45) is 5.73 Å². The molecule has 0 unspecified atom stereocenters. The molecule has 2 atom stereocenters. The molecule has 0 saturated carbocycles. The highest BCUT2D eigenvalue weighted by Crippen LogP contribution is 2.23. The quantitative estimate of drug-likeness (QED) is 0.0926. The summed E-state index contributed by atoms with van der Waals surface area (Å²) in [6.45, 7) is 0.290. The van der Waals surface area contributed by atoms with Crippen LogP contribution in [0.4, 0.5) is 22.0 Å². The largest absolute Gasteiger partial charge is 0.475 e. The smallest absolute Gasteiger partial charge is 0.426 e. The number of hydrogen-bond donors (Lipinski definition) is 5. The fraction of sp³-hybridized carbons (Fsp3) is 0.556. The number of thioether (sulfide) groups is 1. The lowest BCUT2D eigenvalue weighted by Gasteiger charge is -2.23. The predicted octanol–water partition coefficient (Wildman–Crippen LogP) is 0.788. The Hall–Kier alpha value is -1.90. The zero-order valence-corrected chi connectivity index (χ0v) is 18.1. The predicted molar refractivity (Wildman–Crippen MR) is 110 cm³/mol. The van der Waals surface area contributed by atoms with Gasteiger partial charge in [-0.3, -0.25) is 9.59 Å². The van der Waals surface area contributed by atoms with Crippen molar-refractivity contribution in [3.05, 3.63) is 34.6 Å². The van der Waals surface area contributed by atoms with Crippen LogP contribution in [0.1, 0.15) is 31.2 Å². The molecule has 0 aliphatic heterocycles. The van der Waals surface area contributed by atoms with E-state index in [-0.39, 0.29) is 12.8 Å². The number of amides is 2. The van der Waals surface area contributed by atoms with Crippen LogP contribution < -0.4 is 16.4 Å². The van der Waals surface area contributed by atoms with Crippen LogP contribution in [0.25, 0.3) is 0 Å². The molecule has 0 aliphatic carbocycles. The maximum Gasteiger partial charge on any atom is 0.475 e. The summed E-state index contributed by atoms with van der Waals surface area (Å²) in [6.07, 6.45) is 1.68. The van der Waals surface area contributed by atoms with Crippen LogP contribution in [0.15, 0.2) is 0 Å². The molecule has 180 valence electrons. The molecular weight excluding hydrogens is 460 g/mol. The van der Waals surface area contributed by atoms with Crippen molar-refractivity contribution in [1.82, 2.24) is 10.6 Å². The Morgan fingerprint density at radius 1 is 0.969 bits per heavy atom. The molecule has 0 aliphatic rings. The molecule has 6 N–H and O–H groups in total. The third-order valence-corrected chi connectivity index (χ3v) is 5.20. The monoisotopic (exact) mass is 485 g/mol. The molecule has 0 bridgehead atoms. The summed E-state index contributed by atoms with van der Waals surface area (Å²) in [5, 5.41) is 23.5. The van der Waals surface area contributed by atoms with Crippen LogP contribution >= 0.6 is 11.8 Å². The van der Waals surface area contributed by atoms with Crippen molar-refractivity contribution in [1.29, 1.82) is 0 Å².